The highest BCUT2D eigenvalue weighted by atomic mass is 16.7. The van der Waals surface area contributed by atoms with Gasteiger partial charge in [0.15, 0.2) is 6.29 Å². The van der Waals surface area contributed by atoms with Gasteiger partial charge in [-0.15, -0.1) is 0 Å². The van der Waals surface area contributed by atoms with Crippen molar-refractivity contribution >= 4 is 0 Å². The highest BCUT2D eigenvalue weighted by molar-refractivity contribution is 4.93. The zero-order valence-electron chi connectivity index (χ0n) is 14.9. The summed E-state index contributed by atoms with van der Waals surface area (Å²) < 4.78 is 11.7. The van der Waals surface area contributed by atoms with E-state index in [4.69, 9.17) is 9.47 Å². The van der Waals surface area contributed by atoms with Crippen molar-refractivity contribution in [1.82, 2.24) is 0 Å². The molecule has 0 atom stereocenters. The van der Waals surface area contributed by atoms with E-state index in [2.05, 4.69) is 46.8 Å². The summed E-state index contributed by atoms with van der Waals surface area (Å²) in [7, 11) is 0. The fourth-order valence-electron chi connectivity index (χ4n) is 1.95. The minimum absolute atomic E-state index is 0.0672. The summed E-state index contributed by atoms with van der Waals surface area (Å²) in [5.74, 6) is 0. The number of ether oxygens (including phenoxy) is 2. The van der Waals surface area contributed by atoms with Gasteiger partial charge in [-0.2, -0.15) is 0 Å². The van der Waals surface area contributed by atoms with Crippen LogP contribution in [0.2, 0.25) is 0 Å². The van der Waals surface area contributed by atoms with Gasteiger partial charge < -0.3 is 9.47 Å². The molecule has 0 N–H and O–H groups in total. The van der Waals surface area contributed by atoms with Crippen LogP contribution in [0, 0.1) is 0 Å². The van der Waals surface area contributed by atoms with Crippen molar-refractivity contribution in [2.24, 2.45) is 0 Å². The molecule has 0 amide bonds. The molecule has 0 fully saturated rings. The minimum Gasteiger partial charge on any atom is -0.349 e. The molecule has 0 unspecified atom stereocenters. The first kappa shape index (κ1) is 20.4. The van der Waals surface area contributed by atoms with Crippen LogP contribution in [0.3, 0.4) is 0 Å². The molecule has 0 aromatic heterocycles. The summed E-state index contributed by atoms with van der Waals surface area (Å²) in [6.45, 7) is 11.9. The van der Waals surface area contributed by atoms with Crippen LogP contribution in [0.5, 0.6) is 0 Å². The van der Waals surface area contributed by atoms with Crippen LogP contribution in [0.1, 0.15) is 79.6 Å². The van der Waals surface area contributed by atoms with Crippen LogP contribution in [-0.2, 0) is 9.47 Å². The fourth-order valence-corrected chi connectivity index (χ4v) is 1.95. The lowest BCUT2D eigenvalue weighted by Crippen LogP contribution is -2.18. The molecule has 0 saturated carbocycles. The van der Waals surface area contributed by atoms with E-state index in [1.807, 2.05) is 0 Å². The van der Waals surface area contributed by atoms with Gasteiger partial charge in [0.25, 0.3) is 0 Å². The Morgan fingerprint density at radius 2 is 1.24 bits per heavy atom. The third-order valence-electron chi connectivity index (χ3n) is 3.34. The van der Waals surface area contributed by atoms with E-state index < -0.39 is 0 Å². The maximum atomic E-state index is 5.83. The van der Waals surface area contributed by atoms with E-state index >= 15 is 0 Å². The van der Waals surface area contributed by atoms with Crippen LogP contribution in [0.15, 0.2) is 23.3 Å². The first-order valence-electron chi connectivity index (χ1n) is 8.56. The van der Waals surface area contributed by atoms with E-state index in [1.54, 1.807) is 0 Å². The van der Waals surface area contributed by atoms with Crippen LogP contribution < -0.4 is 0 Å². The molecule has 0 bridgehead atoms. The van der Waals surface area contributed by atoms with Gasteiger partial charge in [-0.05, 0) is 40.5 Å². The van der Waals surface area contributed by atoms with Gasteiger partial charge in [-0.1, -0.05) is 62.3 Å². The largest absolute Gasteiger partial charge is 0.349 e. The monoisotopic (exact) mass is 296 g/mol. The van der Waals surface area contributed by atoms with Gasteiger partial charge >= 0.3 is 0 Å². The fraction of sp³-hybridized carbons (Fsp3) is 0.789. The van der Waals surface area contributed by atoms with Crippen molar-refractivity contribution in [1.29, 1.82) is 0 Å². The lowest BCUT2D eigenvalue weighted by Gasteiger charge is -2.17. The smallest absolute Gasteiger partial charge is 0.158 e. The van der Waals surface area contributed by atoms with E-state index in [0.717, 1.165) is 6.42 Å². The number of hydrogen-bond acceptors (Lipinski definition) is 2. The second kappa shape index (κ2) is 14.3. The zero-order chi connectivity index (χ0) is 15.9. The molecule has 0 saturated heterocycles. The summed E-state index contributed by atoms with van der Waals surface area (Å²) in [6, 6.07) is 0. The number of rotatable bonds is 13. The average molecular weight is 296 g/mol. The Hall–Kier alpha value is -0.600. The van der Waals surface area contributed by atoms with E-state index in [9.17, 15) is 0 Å². The van der Waals surface area contributed by atoms with Crippen LogP contribution in [-0.4, -0.2) is 19.5 Å². The van der Waals surface area contributed by atoms with Crippen LogP contribution in [0.25, 0.3) is 0 Å². The van der Waals surface area contributed by atoms with Gasteiger partial charge in [-0.3, -0.25) is 0 Å². The Labute approximate surface area is 132 Å². The summed E-state index contributed by atoms with van der Waals surface area (Å²) in [5.41, 5.74) is 2.58. The van der Waals surface area contributed by atoms with Gasteiger partial charge in [0, 0.05) is 0 Å². The Morgan fingerprint density at radius 3 is 1.71 bits per heavy atom. The SMILES string of the molecule is CCCCCCCCC(OCC=C(C)C)OCC=C(C)C. The lowest BCUT2D eigenvalue weighted by atomic mass is 10.1. The summed E-state index contributed by atoms with van der Waals surface area (Å²) in [4.78, 5) is 0. The van der Waals surface area contributed by atoms with Crippen molar-refractivity contribution < 1.29 is 9.47 Å². The molecule has 0 aromatic carbocycles. The van der Waals surface area contributed by atoms with Crippen molar-refractivity contribution in [3.05, 3.63) is 23.3 Å². The normalized spacial score (nSPS) is 10.8. The molecule has 2 heteroatoms. The summed E-state index contributed by atoms with van der Waals surface area (Å²) in [5, 5.41) is 0. The van der Waals surface area contributed by atoms with Crippen molar-refractivity contribution in [3.8, 4) is 0 Å². The van der Waals surface area contributed by atoms with Gasteiger partial charge in [0.1, 0.15) is 0 Å². The molecular weight excluding hydrogens is 260 g/mol. The van der Waals surface area contributed by atoms with Crippen molar-refractivity contribution in [2.75, 3.05) is 13.2 Å². The quantitative estimate of drug-likeness (QED) is 0.235. The predicted molar refractivity (Wildman–Crippen MR) is 92.5 cm³/mol. The standard InChI is InChI=1S/C19H36O2/c1-6-7-8-9-10-11-12-19(20-15-13-17(2)3)21-16-14-18(4)5/h13-14,19H,6-12,15-16H2,1-5H3. The maximum Gasteiger partial charge on any atom is 0.158 e. The zero-order valence-corrected chi connectivity index (χ0v) is 14.9. The second-order valence-corrected chi connectivity index (χ2v) is 6.22. The molecule has 0 aliphatic heterocycles. The lowest BCUT2D eigenvalue weighted by molar-refractivity contribution is -0.131. The number of unbranched alkanes of at least 4 members (excludes halogenated alkanes) is 5. The van der Waals surface area contributed by atoms with E-state index in [0.29, 0.717) is 13.2 Å². The predicted octanol–water partition coefficient (Wildman–Crippen LogP) is 6.03. The van der Waals surface area contributed by atoms with Crippen LogP contribution in [0.4, 0.5) is 0 Å². The second-order valence-electron chi connectivity index (χ2n) is 6.22. The first-order chi connectivity index (χ1) is 10.1. The van der Waals surface area contributed by atoms with E-state index in [1.165, 1.54) is 49.7 Å². The molecule has 2 nitrogen and oxygen atoms in total. The Morgan fingerprint density at radius 1 is 0.762 bits per heavy atom. The molecule has 0 aliphatic carbocycles. The highest BCUT2D eigenvalue weighted by Crippen LogP contribution is 2.12. The third-order valence-corrected chi connectivity index (χ3v) is 3.34. The minimum atomic E-state index is -0.0672. The van der Waals surface area contributed by atoms with Crippen molar-refractivity contribution in [2.45, 2.75) is 85.9 Å². The summed E-state index contributed by atoms with van der Waals surface area (Å²) in [6.07, 6.45) is 13.0. The molecule has 0 heterocycles. The van der Waals surface area contributed by atoms with Gasteiger partial charge in [-0.25, -0.2) is 0 Å². The average Bonchev–Trinajstić information content (AvgIpc) is 2.41. The van der Waals surface area contributed by atoms with E-state index in [-0.39, 0.29) is 6.29 Å². The highest BCUT2D eigenvalue weighted by Gasteiger charge is 2.08. The molecule has 0 spiro atoms. The molecule has 0 rings (SSSR count). The number of allylic oxidation sites excluding steroid dienone is 2. The molecule has 21 heavy (non-hydrogen) atoms. The van der Waals surface area contributed by atoms with Crippen molar-refractivity contribution in [3.63, 3.8) is 0 Å². The molecule has 0 radical (unpaired) electrons. The Kier molecular flexibility index (Phi) is 13.9. The molecule has 0 aliphatic rings. The topological polar surface area (TPSA) is 18.5 Å². The Balaban J connectivity index is 3.94. The van der Waals surface area contributed by atoms with Gasteiger partial charge in [0.05, 0.1) is 13.2 Å². The first-order valence-corrected chi connectivity index (χ1v) is 8.56. The number of hydrogen-bond donors (Lipinski definition) is 0. The summed E-state index contributed by atoms with van der Waals surface area (Å²) >= 11 is 0. The van der Waals surface area contributed by atoms with Crippen LogP contribution >= 0.6 is 0 Å². The van der Waals surface area contributed by atoms with Gasteiger partial charge in [0.2, 0.25) is 0 Å². The third kappa shape index (κ3) is 15.6. The Bertz CT molecular complexity index is 262. The molecule has 124 valence electrons. The molecular formula is C19H36O2. The molecule has 0 aromatic rings. The maximum absolute atomic E-state index is 5.83.